The van der Waals surface area contributed by atoms with Gasteiger partial charge in [0.05, 0.1) is 11.3 Å². The van der Waals surface area contributed by atoms with E-state index in [1.807, 2.05) is 0 Å². The van der Waals surface area contributed by atoms with Gasteiger partial charge in [-0.25, -0.2) is 4.39 Å². The number of nitrogens with two attached hydrogens (primary N) is 1. The number of benzene rings is 2. The van der Waals surface area contributed by atoms with Crippen molar-refractivity contribution in [2.75, 3.05) is 5.32 Å². The Morgan fingerprint density at radius 1 is 1.22 bits per heavy atom. The molecule has 0 bridgehead atoms. The maximum Gasteiger partial charge on any atom is 0.265 e. The summed E-state index contributed by atoms with van der Waals surface area (Å²) in [7, 11) is 0. The Morgan fingerprint density at radius 2 is 1.91 bits per heavy atom. The molecule has 0 saturated heterocycles. The predicted octanol–water partition coefficient (Wildman–Crippen LogP) is 2.64. The van der Waals surface area contributed by atoms with Gasteiger partial charge in [0.15, 0.2) is 6.10 Å². The van der Waals surface area contributed by atoms with E-state index in [2.05, 4.69) is 5.32 Å². The van der Waals surface area contributed by atoms with Crippen molar-refractivity contribution < 1.29 is 18.7 Å². The molecule has 6 heteroatoms. The molecule has 1 atom stereocenters. The fourth-order valence-electron chi connectivity index (χ4n) is 2.13. The Bertz CT molecular complexity index is 746. The lowest BCUT2D eigenvalue weighted by Gasteiger charge is -2.16. The second-order valence-corrected chi connectivity index (χ2v) is 5.07. The van der Waals surface area contributed by atoms with Gasteiger partial charge < -0.3 is 15.8 Å². The third kappa shape index (κ3) is 4.06. The number of ether oxygens (including phenoxy) is 1. The highest BCUT2D eigenvalue weighted by Gasteiger charge is 2.18. The minimum atomic E-state index is -0.877. The number of anilines is 1. The number of hydrogen-bond donors (Lipinski definition) is 2. The highest BCUT2D eigenvalue weighted by atomic mass is 19.1. The Labute approximate surface area is 133 Å². The molecule has 0 heterocycles. The maximum atomic E-state index is 13.1. The Hall–Kier alpha value is -2.89. The first kappa shape index (κ1) is 16.5. The molecule has 0 radical (unpaired) electrons. The standard InChI is InChI=1S/C17H17FN2O3/c1-10-5-3-8-14(15(10)16(19)21)20-17(22)11(2)23-13-7-4-6-12(18)9-13/h3-9,11H,1-2H3,(H2,19,21)(H,20,22). The van der Waals surface area contributed by atoms with Crippen molar-refractivity contribution >= 4 is 17.5 Å². The van der Waals surface area contributed by atoms with Gasteiger partial charge in [0, 0.05) is 6.07 Å². The molecule has 0 aliphatic carbocycles. The average molecular weight is 316 g/mol. The van der Waals surface area contributed by atoms with Gasteiger partial charge in [-0.05, 0) is 37.6 Å². The molecule has 23 heavy (non-hydrogen) atoms. The molecule has 2 amide bonds. The third-order valence-electron chi connectivity index (χ3n) is 3.26. The molecular weight excluding hydrogens is 299 g/mol. The van der Waals surface area contributed by atoms with Gasteiger partial charge >= 0.3 is 0 Å². The first-order chi connectivity index (χ1) is 10.9. The van der Waals surface area contributed by atoms with E-state index in [1.165, 1.54) is 25.1 Å². The van der Waals surface area contributed by atoms with E-state index in [0.717, 1.165) is 0 Å². The zero-order valence-electron chi connectivity index (χ0n) is 12.8. The van der Waals surface area contributed by atoms with Gasteiger partial charge in [-0.3, -0.25) is 9.59 Å². The molecular formula is C17H17FN2O3. The minimum absolute atomic E-state index is 0.243. The molecule has 120 valence electrons. The topological polar surface area (TPSA) is 81.4 Å². The van der Waals surface area contributed by atoms with Crippen LogP contribution in [0.2, 0.25) is 0 Å². The molecule has 0 aliphatic rings. The van der Waals surface area contributed by atoms with Crippen molar-refractivity contribution in [1.82, 2.24) is 0 Å². The Kier molecular flexibility index (Phi) is 4.95. The highest BCUT2D eigenvalue weighted by molar-refractivity contribution is 6.04. The summed E-state index contributed by atoms with van der Waals surface area (Å²) in [5.41, 5.74) is 6.57. The van der Waals surface area contributed by atoms with Crippen LogP contribution in [0, 0.1) is 12.7 Å². The van der Waals surface area contributed by atoms with Crippen molar-refractivity contribution in [2.45, 2.75) is 20.0 Å². The van der Waals surface area contributed by atoms with Gasteiger partial charge in [0.25, 0.3) is 11.8 Å². The largest absolute Gasteiger partial charge is 0.481 e. The van der Waals surface area contributed by atoms with Crippen LogP contribution in [-0.2, 0) is 4.79 Å². The lowest BCUT2D eigenvalue weighted by atomic mass is 10.1. The molecule has 0 aromatic heterocycles. The summed E-state index contributed by atoms with van der Waals surface area (Å²) < 4.78 is 18.5. The van der Waals surface area contributed by atoms with Crippen LogP contribution >= 0.6 is 0 Å². The molecule has 5 nitrogen and oxygen atoms in total. The van der Waals surface area contributed by atoms with Gasteiger partial charge in [-0.1, -0.05) is 18.2 Å². The zero-order chi connectivity index (χ0) is 17.0. The summed E-state index contributed by atoms with van der Waals surface area (Å²) >= 11 is 0. The molecule has 1 unspecified atom stereocenters. The zero-order valence-corrected chi connectivity index (χ0v) is 12.8. The summed E-state index contributed by atoms with van der Waals surface area (Å²) in [6.45, 7) is 3.25. The Balaban J connectivity index is 2.13. The van der Waals surface area contributed by atoms with Crippen LogP contribution in [0.1, 0.15) is 22.8 Å². The van der Waals surface area contributed by atoms with Gasteiger partial charge in [0.1, 0.15) is 11.6 Å². The number of hydrogen-bond acceptors (Lipinski definition) is 3. The molecule has 0 spiro atoms. The van der Waals surface area contributed by atoms with Gasteiger partial charge in [-0.2, -0.15) is 0 Å². The minimum Gasteiger partial charge on any atom is -0.481 e. The van der Waals surface area contributed by atoms with Crippen LogP contribution in [0.3, 0.4) is 0 Å². The summed E-state index contributed by atoms with van der Waals surface area (Å²) in [4.78, 5) is 23.7. The van der Waals surface area contributed by atoms with Crippen LogP contribution in [0.25, 0.3) is 0 Å². The summed E-state index contributed by atoms with van der Waals surface area (Å²) in [5.74, 6) is -1.31. The second-order valence-electron chi connectivity index (χ2n) is 5.07. The third-order valence-corrected chi connectivity index (χ3v) is 3.26. The van der Waals surface area contributed by atoms with Gasteiger partial charge in [0.2, 0.25) is 0 Å². The van der Waals surface area contributed by atoms with E-state index in [4.69, 9.17) is 10.5 Å². The number of nitrogens with one attached hydrogen (secondary N) is 1. The summed E-state index contributed by atoms with van der Waals surface area (Å²) in [5, 5.41) is 2.61. The molecule has 3 N–H and O–H groups in total. The molecule has 2 aromatic rings. The SMILES string of the molecule is Cc1cccc(NC(=O)C(C)Oc2cccc(F)c2)c1C(N)=O. The van der Waals surface area contributed by atoms with E-state index < -0.39 is 23.7 Å². The van der Waals surface area contributed by atoms with Crippen molar-refractivity contribution in [3.63, 3.8) is 0 Å². The molecule has 0 aliphatic heterocycles. The van der Waals surface area contributed by atoms with Crippen LogP contribution in [0.4, 0.5) is 10.1 Å². The van der Waals surface area contributed by atoms with Crippen molar-refractivity contribution in [1.29, 1.82) is 0 Å². The van der Waals surface area contributed by atoms with Crippen molar-refractivity contribution in [2.24, 2.45) is 5.73 Å². The first-order valence-electron chi connectivity index (χ1n) is 7.01. The molecule has 0 saturated carbocycles. The maximum absolute atomic E-state index is 13.1. The first-order valence-corrected chi connectivity index (χ1v) is 7.01. The summed E-state index contributed by atoms with van der Waals surface area (Å²) in [6, 6.07) is 10.5. The van der Waals surface area contributed by atoms with Crippen molar-refractivity contribution in [3.8, 4) is 5.75 Å². The average Bonchev–Trinajstić information content (AvgIpc) is 2.46. The lowest BCUT2D eigenvalue weighted by molar-refractivity contribution is -0.122. The van der Waals surface area contributed by atoms with E-state index >= 15 is 0 Å². The van der Waals surface area contributed by atoms with Crippen LogP contribution < -0.4 is 15.8 Å². The molecule has 0 fully saturated rings. The second kappa shape index (κ2) is 6.91. The van der Waals surface area contributed by atoms with E-state index in [9.17, 15) is 14.0 Å². The number of halogens is 1. The number of primary amides is 1. The number of carbonyl (C=O) groups excluding carboxylic acids is 2. The fourth-order valence-corrected chi connectivity index (χ4v) is 2.13. The normalized spacial score (nSPS) is 11.6. The Morgan fingerprint density at radius 3 is 2.57 bits per heavy atom. The van der Waals surface area contributed by atoms with Crippen molar-refractivity contribution in [3.05, 3.63) is 59.4 Å². The predicted molar refractivity (Wildman–Crippen MR) is 84.8 cm³/mol. The number of rotatable bonds is 5. The fraction of sp³-hybridized carbons (Fsp3) is 0.176. The van der Waals surface area contributed by atoms with Crippen LogP contribution in [-0.4, -0.2) is 17.9 Å². The molecule has 2 rings (SSSR count). The van der Waals surface area contributed by atoms with Crippen LogP contribution in [0.15, 0.2) is 42.5 Å². The smallest absolute Gasteiger partial charge is 0.265 e. The quantitative estimate of drug-likeness (QED) is 0.889. The van der Waals surface area contributed by atoms with Crippen LogP contribution in [0.5, 0.6) is 5.75 Å². The van der Waals surface area contributed by atoms with E-state index in [0.29, 0.717) is 11.3 Å². The summed E-state index contributed by atoms with van der Waals surface area (Å²) in [6.07, 6.45) is -0.877. The van der Waals surface area contributed by atoms with E-state index in [1.54, 1.807) is 31.2 Å². The van der Waals surface area contributed by atoms with E-state index in [-0.39, 0.29) is 11.3 Å². The monoisotopic (exact) mass is 316 g/mol. The molecule has 2 aromatic carbocycles. The number of amides is 2. The number of carbonyl (C=O) groups is 2. The van der Waals surface area contributed by atoms with Gasteiger partial charge in [-0.15, -0.1) is 0 Å². The lowest BCUT2D eigenvalue weighted by Crippen LogP contribution is -2.31. The highest BCUT2D eigenvalue weighted by Crippen LogP contribution is 2.20. The number of aryl methyl sites for hydroxylation is 1.